The second-order valence-electron chi connectivity index (χ2n) is 2.98. The molecule has 0 saturated heterocycles. The monoisotopic (exact) mass is 205 g/mol. The molecule has 0 bridgehead atoms. The summed E-state index contributed by atoms with van der Waals surface area (Å²) in [7, 11) is 0. The number of halogens is 3. The molecule has 78 valence electrons. The molecule has 1 unspecified atom stereocenters. The summed E-state index contributed by atoms with van der Waals surface area (Å²) in [4.78, 5) is 0. The first kappa shape index (κ1) is 11.0. The van der Waals surface area contributed by atoms with Crippen LogP contribution in [0, 0.1) is 0 Å². The zero-order chi connectivity index (χ0) is 10.8. The van der Waals surface area contributed by atoms with E-state index in [0.29, 0.717) is 6.42 Å². The van der Waals surface area contributed by atoms with Crippen molar-refractivity contribution >= 4 is 0 Å². The predicted octanol–water partition coefficient (Wildman–Crippen LogP) is 1.86. The standard InChI is InChI=1S/C9H12F3N2/c1-2-7(13)8-5-3-4-6-14(8)9(10,11)12/h3-7H,2,13H2,1H3/q+1. The second kappa shape index (κ2) is 3.96. The molecular formula is C9H12F3N2+. The third-order valence-electron chi connectivity index (χ3n) is 1.98. The fourth-order valence-electron chi connectivity index (χ4n) is 1.20. The number of aromatic nitrogens is 1. The number of rotatable bonds is 2. The van der Waals surface area contributed by atoms with E-state index in [4.69, 9.17) is 5.73 Å². The molecule has 0 aliphatic rings. The number of pyridine rings is 1. The first-order valence-electron chi connectivity index (χ1n) is 4.30. The Morgan fingerprint density at radius 1 is 1.43 bits per heavy atom. The Bertz CT molecular complexity index is 309. The van der Waals surface area contributed by atoms with Crippen molar-refractivity contribution in [2.24, 2.45) is 5.73 Å². The van der Waals surface area contributed by atoms with E-state index in [-0.39, 0.29) is 10.3 Å². The fraction of sp³-hybridized carbons (Fsp3) is 0.444. The Hall–Kier alpha value is -1.10. The Labute approximate surface area is 80.2 Å². The van der Waals surface area contributed by atoms with E-state index in [0.717, 1.165) is 6.20 Å². The van der Waals surface area contributed by atoms with Crippen molar-refractivity contribution in [3.8, 4) is 0 Å². The maximum atomic E-state index is 12.5. The molecule has 0 aromatic carbocycles. The second-order valence-corrected chi connectivity index (χ2v) is 2.98. The van der Waals surface area contributed by atoms with Crippen LogP contribution in [-0.2, 0) is 6.30 Å². The summed E-state index contributed by atoms with van der Waals surface area (Å²) in [6.07, 6.45) is -2.95. The maximum Gasteiger partial charge on any atom is 0.638 e. The number of alkyl halides is 3. The van der Waals surface area contributed by atoms with Gasteiger partial charge in [-0.1, -0.05) is 13.0 Å². The molecule has 0 saturated carbocycles. The third-order valence-corrected chi connectivity index (χ3v) is 1.98. The lowest BCUT2D eigenvalue weighted by atomic mass is 10.1. The molecule has 1 aromatic heterocycles. The van der Waals surface area contributed by atoms with Crippen molar-refractivity contribution in [3.05, 3.63) is 30.1 Å². The summed E-state index contributed by atoms with van der Waals surface area (Å²) in [5.74, 6) is 0. The van der Waals surface area contributed by atoms with Gasteiger partial charge in [-0.25, -0.2) is 0 Å². The first-order valence-corrected chi connectivity index (χ1v) is 4.30. The van der Waals surface area contributed by atoms with E-state index < -0.39 is 12.3 Å². The molecule has 0 aliphatic heterocycles. The van der Waals surface area contributed by atoms with E-state index in [1.54, 1.807) is 13.0 Å². The van der Waals surface area contributed by atoms with Gasteiger partial charge in [-0.05, 0) is 6.42 Å². The normalized spacial score (nSPS) is 14.1. The summed E-state index contributed by atoms with van der Waals surface area (Å²) in [6, 6.07) is 3.69. The highest BCUT2D eigenvalue weighted by Gasteiger charge is 2.44. The van der Waals surface area contributed by atoms with Gasteiger partial charge in [-0.3, -0.25) is 0 Å². The molecule has 0 aliphatic carbocycles. The van der Waals surface area contributed by atoms with Crippen molar-refractivity contribution in [2.45, 2.75) is 25.7 Å². The predicted molar refractivity (Wildman–Crippen MR) is 45.2 cm³/mol. The minimum Gasteiger partial charge on any atom is -0.319 e. The highest BCUT2D eigenvalue weighted by atomic mass is 19.4. The first-order chi connectivity index (χ1) is 6.46. The molecule has 1 heterocycles. The summed E-state index contributed by atoms with van der Waals surface area (Å²) in [5, 5.41) is 0. The minimum absolute atomic E-state index is 0.0856. The average Bonchev–Trinajstić information content (AvgIpc) is 2.15. The Morgan fingerprint density at radius 3 is 2.57 bits per heavy atom. The fourth-order valence-corrected chi connectivity index (χ4v) is 1.20. The average molecular weight is 205 g/mol. The van der Waals surface area contributed by atoms with Gasteiger partial charge in [-0.15, -0.1) is 17.7 Å². The molecule has 0 spiro atoms. The number of hydrogen-bond acceptors (Lipinski definition) is 1. The van der Waals surface area contributed by atoms with E-state index in [1.165, 1.54) is 12.1 Å². The third kappa shape index (κ3) is 2.23. The van der Waals surface area contributed by atoms with Crippen LogP contribution >= 0.6 is 0 Å². The SMILES string of the molecule is CCC(N)c1cccc[n+]1C(F)(F)F. The molecule has 2 nitrogen and oxygen atoms in total. The molecule has 1 aromatic rings. The van der Waals surface area contributed by atoms with Crippen LogP contribution in [0.25, 0.3) is 0 Å². The van der Waals surface area contributed by atoms with Gasteiger partial charge in [0.05, 0.1) is 6.04 Å². The van der Waals surface area contributed by atoms with Crippen molar-refractivity contribution < 1.29 is 17.7 Å². The van der Waals surface area contributed by atoms with Crippen LogP contribution < -0.4 is 10.3 Å². The van der Waals surface area contributed by atoms with Crippen LogP contribution in [0.1, 0.15) is 25.1 Å². The van der Waals surface area contributed by atoms with E-state index >= 15 is 0 Å². The van der Waals surface area contributed by atoms with Crippen molar-refractivity contribution in [3.63, 3.8) is 0 Å². The minimum atomic E-state index is -4.40. The molecule has 0 fully saturated rings. The van der Waals surface area contributed by atoms with Crippen LogP contribution in [-0.4, -0.2) is 0 Å². The summed E-state index contributed by atoms with van der Waals surface area (Å²) in [5.41, 5.74) is 5.66. The highest BCUT2D eigenvalue weighted by molar-refractivity contribution is 5.01. The molecule has 1 rings (SSSR count). The molecule has 14 heavy (non-hydrogen) atoms. The molecule has 0 radical (unpaired) electrons. The Kier molecular flexibility index (Phi) is 3.10. The molecular weight excluding hydrogens is 193 g/mol. The lowest BCUT2D eigenvalue weighted by Gasteiger charge is -2.09. The van der Waals surface area contributed by atoms with Gasteiger partial charge in [0.2, 0.25) is 5.69 Å². The van der Waals surface area contributed by atoms with E-state index in [2.05, 4.69) is 0 Å². The van der Waals surface area contributed by atoms with Crippen LogP contribution in [0.15, 0.2) is 24.4 Å². The molecule has 5 heteroatoms. The van der Waals surface area contributed by atoms with Crippen molar-refractivity contribution in [1.29, 1.82) is 0 Å². The summed E-state index contributed by atoms with van der Waals surface area (Å²) < 4.78 is 37.6. The van der Waals surface area contributed by atoms with Crippen LogP contribution in [0.3, 0.4) is 0 Å². The smallest absolute Gasteiger partial charge is 0.319 e. The van der Waals surface area contributed by atoms with Gasteiger partial charge >= 0.3 is 6.30 Å². The van der Waals surface area contributed by atoms with Crippen LogP contribution in [0.2, 0.25) is 0 Å². The number of nitrogens with two attached hydrogens (primary N) is 1. The van der Waals surface area contributed by atoms with Gasteiger partial charge < -0.3 is 5.73 Å². The quantitative estimate of drug-likeness (QED) is 0.734. The largest absolute Gasteiger partial charge is 0.638 e. The van der Waals surface area contributed by atoms with Gasteiger partial charge in [0.25, 0.3) is 0 Å². The zero-order valence-corrected chi connectivity index (χ0v) is 7.75. The Balaban J connectivity index is 3.16. The topological polar surface area (TPSA) is 29.9 Å². The van der Waals surface area contributed by atoms with Gasteiger partial charge in [0.1, 0.15) is 0 Å². The van der Waals surface area contributed by atoms with Gasteiger partial charge in [0, 0.05) is 12.1 Å². The lowest BCUT2D eigenvalue weighted by Crippen LogP contribution is -2.51. The molecule has 1 atom stereocenters. The zero-order valence-electron chi connectivity index (χ0n) is 7.75. The number of nitrogens with zero attached hydrogens (tertiary/aromatic N) is 1. The van der Waals surface area contributed by atoms with Crippen LogP contribution in [0.4, 0.5) is 13.2 Å². The van der Waals surface area contributed by atoms with Gasteiger partial charge in [-0.2, -0.15) is 0 Å². The maximum absolute atomic E-state index is 12.5. The summed E-state index contributed by atoms with van der Waals surface area (Å²) >= 11 is 0. The number of hydrogen-bond donors (Lipinski definition) is 1. The molecule has 0 amide bonds. The van der Waals surface area contributed by atoms with Crippen molar-refractivity contribution in [1.82, 2.24) is 0 Å². The summed E-state index contributed by atoms with van der Waals surface area (Å²) in [6.45, 7) is 1.75. The van der Waals surface area contributed by atoms with Crippen LogP contribution in [0.5, 0.6) is 0 Å². The van der Waals surface area contributed by atoms with E-state index in [1.807, 2.05) is 0 Å². The van der Waals surface area contributed by atoms with Crippen molar-refractivity contribution in [2.75, 3.05) is 0 Å². The highest BCUT2D eigenvalue weighted by Crippen LogP contribution is 2.18. The lowest BCUT2D eigenvalue weighted by molar-refractivity contribution is -0.860. The molecule has 2 N–H and O–H groups in total. The van der Waals surface area contributed by atoms with Gasteiger partial charge in [0.15, 0.2) is 6.20 Å². The van der Waals surface area contributed by atoms with E-state index in [9.17, 15) is 13.2 Å². The Morgan fingerprint density at radius 2 is 2.07 bits per heavy atom.